The molecule has 7 nitrogen and oxygen atoms in total. The van der Waals surface area contributed by atoms with E-state index in [4.69, 9.17) is 18.6 Å². The Morgan fingerprint density at radius 2 is 2.12 bits per heavy atom. The minimum Gasteiger partial charge on any atom is -0.454 e. The summed E-state index contributed by atoms with van der Waals surface area (Å²) in [5.74, 6) is 3.40. The number of fused-ring (bicyclic) bond motifs is 1. The lowest BCUT2D eigenvalue weighted by Crippen LogP contribution is -2.44. The number of rotatable bonds is 6. The maximum atomic E-state index is 5.87. The maximum absolute atomic E-state index is 5.87. The van der Waals surface area contributed by atoms with E-state index in [1.54, 1.807) is 11.8 Å². The van der Waals surface area contributed by atoms with Crippen molar-refractivity contribution in [3.8, 4) is 23.0 Å². The van der Waals surface area contributed by atoms with Gasteiger partial charge in [0, 0.05) is 31.0 Å². The van der Waals surface area contributed by atoms with Gasteiger partial charge in [-0.3, -0.25) is 4.90 Å². The van der Waals surface area contributed by atoms with Gasteiger partial charge in [0.2, 0.25) is 12.7 Å². The normalized spacial score (nSPS) is 20.0. The van der Waals surface area contributed by atoms with Crippen molar-refractivity contribution in [1.82, 2.24) is 15.1 Å². The number of morpholine rings is 1. The number of hydrogen-bond acceptors (Lipinski definition) is 8. The summed E-state index contributed by atoms with van der Waals surface area (Å²) in [4.78, 5) is 2.46. The van der Waals surface area contributed by atoms with Crippen LogP contribution in [0.25, 0.3) is 11.5 Å². The molecule has 8 heteroatoms. The van der Waals surface area contributed by atoms with Gasteiger partial charge in [0.25, 0.3) is 5.22 Å². The van der Waals surface area contributed by atoms with Crippen molar-refractivity contribution in [1.29, 1.82) is 0 Å². The van der Waals surface area contributed by atoms with Crippen LogP contribution < -0.4 is 9.47 Å². The molecule has 0 bridgehead atoms. The average molecular weight is 377 g/mol. The zero-order valence-electron chi connectivity index (χ0n) is 15.0. The lowest BCUT2D eigenvalue weighted by atomic mass is 10.2. The van der Waals surface area contributed by atoms with Gasteiger partial charge >= 0.3 is 0 Å². The molecule has 1 aromatic heterocycles. The molecule has 26 heavy (non-hydrogen) atoms. The molecule has 1 fully saturated rings. The van der Waals surface area contributed by atoms with E-state index in [2.05, 4.69) is 28.9 Å². The zero-order valence-corrected chi connectivity index (χ0v) is 15.8. The molecule has 3 heterocycles. The number of nitrogens with zero attached hydrogens (tertiary/aromatic N) is 3. The van der Waals surface area contributed by atoms with Crippen LogP contribution >= 0.6 is 11.8 Å². The summed E-state index contributed by atoms with van der Waals surface area (Å²) >= 11 is 1.54. The highest BCUT2D eigenvalue weighted by Crippen LogP contribution is 2.36. The van der Waals surface area contributed by atoms with Crippen LogP contribution in [0, 0.1) is 5.92 Å². The van der Waals surface area contributed by atoms with E-state index < -0.39 is 0 Å². The molecule has 0 N–H and O–H groups in total. The SMILES string of the molecule is CC(C)CN1CCO[C@H](CSc2nnc(-c3ccc4c(c3)OCO4)o2)C1. The van der Waals surface area contributed by atoms with Crippen molar-refractivity contribution >= 4 is 11.8 Å². The molecule has 0 saturated carbocycles. The lowest BCUT2D eigenvalue weighted by molar-refractivity contribution is -0.0192. The van der Waals surface area contributed by atoms with Crippen molar-refractivity contribution in [2.75, 3.05) is 38.8 Å². The summed E-state index contributed by atoms with van der Waals surface area (Å²) < 4.78 is 22.4. The molecule has 2 aliphatic heterocycles. The summed E-state index contributed by atoms with van der Waals surface area (Å²) in [7, 11) is 0. The van der Waals surface area contributed by atoms with Gasteiger partial charge in [-0.15, -0.1) is 10.2 Å². The van der Waals surface area contributed by atoms with Gasteiger partial charge in [0.05, 0.1) is 12.7 Å². The minimum atomic E-state index is 0.188. The predicted molar refractivity (Wildman–Crippen MR) is 97.6 cm³/mol. The summed E-state index contributed by atoms with van der Waals surface area (Å²) in [6.45, 7) is 8.59. The molecule has 1 aromatic carbocycles. The van der Waals surface area contributed by atoms with Crippen LogP contribution in [0.3, 0.4) is 0 Å². The van der Waals surface area contributed by atoms with E-state index in [1.807, 2.05) is 18.2 Å². The van der Waals surface area contributed by atoms with E-state index in [1.165, 1.54) is 0 Å². The Kier molecular flexibility index (Phi) is 5.33. The third-order valence-electron chi connectivity index (χ3n) is 4.26. The monoisotopic (exact) mass is 377 g/mol. The number of hydrogen-bond donors (Lipinski definition) is 0. The summed E-state index contributed by atoms with van der Waals surface area (Å²) in [5, 5.41) is 8.85. The first kappa shape index (κ1) is 17.6. The second-order valence-electron chi connectivity index (χ2n) is 6.90. The number of thioether (sulfide) groups is 1. The van der Waals surface area contributed by atoms with Crippen molar-refractivity contribution in [2.45, 2.75) is 25.2 Å². The molecule has 0 amide bonds. The Bertz CT molecular complexity index is 752. The Morgan fingerprint density at radius 3 is 3.00 bits per heavy atom. The van der Waals surface area contributed by atoms with Crippen LogP contribution in [-0.4, -0.2) is 60.0 Å². The molecule has 2 aromatic rings. The second-order valence-corrected chi connectivity index (χ2v) is 7.87. The molecule has 1 atom stereocenters. The van der Waals surface area contributed by atoms with Crippen molar-refractivity contribution in [2.24, 2.45) is 5.92 Å². The molecule has 1 saturated heterocycles. The van der Waals surface area contributed by atoms with Crippen molar-refractivity contribution < 1.29 is 18.6 Å². The van der Waals surface area contributed by atoms with Crippen LogP contribution in [0.4, 0.5) is 0 Å². The topological polar surface area (TPSA) is 69.9 Å². The fourth-order valence-electron chi connectivity index (χ4n) is 3.14. The molecule has 0 unspecified atom stereocenters. The average Bonchev–Trinajstić information content (AvgIpc) is 3.28. The molecular formula is C18H23N3O4S. The fraction of sp³-hybridized carbons (Fsp3) is 0.556. The van der Waals surface area contributed by atoms with Crippen LogP contribution in [-0.2, 0) is 4.74 Å². The maximum Gasteiger partial charge on any atom is 0.276 e. The summed E-state index contributed by atoms with van der Waals surface area (Å²) in [5.41, 5.74) is 0.825. The quantitative estimate of drug-likeness (QED) is 0.712. The first-order chi connectivity index (χ1) is 12.7. The molecule has 4 rings (SSSR count). The van der Waals surface area contributed by atoms with Crippen LogP contribution in [0.2, 0.25) is 0 Å². The molecule has 0 aliphatic carbocycles. The van der Waals surface area contributed by atoms with E-state index in [9.17, 15) is 0 Å². The number of aromatic nitrogens is 2. The lowest BCUT2D eigenvalue weighted by Gasteiger charge is -2.33. The molecular weight excluding hydrogens is 354 g/mol. The molecule has 140 valence electrons. The molecule has 0 spiro atoms. The molecule has 0 radical (unpaired) electrons. The van der Waals surface area contributed by atoms with Gasteiger partial charge in [0.15, 0.2) is 11.5 Å². The van der Waals surface area contributed by atoms with E-state index in [0.29, 0.717) is 22.8 Å². The zero-order chi connectivity index (χ0) is 17.9. The van der Waals surface area contributed by atoms with Gasteiger partial charge in [-0.25, -0.2) is 0 Å². The fourth-order valence-corrected chi connectivity index (χ4v) is 3.91. The van der Waals surface area contributed by atoms with E-state index >= 15 is 0 Å². The Balaban J connectivity index is 1.34. The minimum absolute atomic E-state index is 0.188. The first-order valence-corrected chi connectivity index (χ1v) is 9.86. The number of benzene rings is 1. The largest absolute Gasteiger partial charge is 0.454 e. The van der Waals surface area contributed by atoms with E-state index in [-0.39, 0.29) is 12.9 Å². The van der Waals surface area contributed by atoms with Crippen molar-refractivity contribution in [3.63, 3.8) is 0 Å². The van der Waals surface area contributed by atoms with Gasteiger partial charge in [-0.05, 0) is 24.1 Å². The third kappa shape index (κ3) is 4.13. The standard InChI is InChI=1S/C18H23N3O4S/c1-12(2)8-21-5-6-22-14(9-21)10-26-18-20-19-17(25-18)13-3-4-15-16(7-13)24-11-23-15/h3-4,7,12,14H,5-6,8-11H2,1-2H3/t14-/m0/s1. The first-order valence-electron chi connectivity index (χ1n) is 8.87. The molecule has 2 aliphatic rings. The Labute approximate surface area is 157 Å². The summed E-state index contributed by atoms with van der Waals surface area (Å²) in [6, 6.07) is 5.61. The highest BCUT2D eigenvalue weighted by atomic mass is 32.2. The Morgan fingerprint density at radius 1 is 1.23 bits per heavy atom. The Hall–Kier alpha value is -1.77. The van der Waals surface area contributed by atoms with Crippen LogP contribution in [0.15, 0.2) is 27.8 Å². The number of ether oxygens (including phenoxy) is 3. The van der Waals surface area contributed by atoms with Gasteiger partial charge in [-0.1, -0.05) is 25.6 Å². The highest BCUT2D eigenvalue weighted by molar-refractivity contribution is 7.99. The predicted octanol–water partition coefficient (Wildman–Crippen LogP) is 2.91. The van der Waals surface area contributed by atoms with Crippen molar-refractivity contribution in [3.05, 3.63) is 18.2 Å². The third-order valence-corrected chi connectivity index (χ3v) is 5.22. The smallest absolute Gasteiger partial charge is 0.276 e. The van der Waals surface area contributed by atoms with Crippen LogP contribution in [0.5, 0.6) is 11.5 Å². The van der Waals surface area contributed by atoms with Gasteiger partial charge in [-0.2, -0.15) is 0 Å². The van der Waals surface area contributed by atoms with Crippen LogP contribution in [0.1, 0.15) is 13.8 Å². The highest BCUT2D eigenvalue weighted by Gasteiger charge is 2.22. The second kappa shape index (κ2) is 7.85. The van der Waals surface area contributed by atoms with Gasteiger partial charge in [0.1, 0.15) is 0 Å². The van der Waals surface area contributed by atoms with E-state index in [0.717, 1.165) is 43.3 Å². The summed E-state index contributed by atoms with van der Waals surface area (Å²) in [6.07, 6.45) is 0.188. The van der Waals surface area contributed by atoms with Gasteiger partial charge < -0.3 is 18.6 Å².